The van der Waals surface area contributed by atoms with Crippen LogP contribution in [0.5, 0.6) is 11.5 Å². The molecule has 0 spiro atoms. The minimum Gasteiger partial charge on any atom is -0.493 e. The zero-order chi connectivity index (χ0) is 22.3. The number of methoxy groups -OCH3 is 1. The molecule has 0 heterocycles. The Morgan fingerprint density at radius 1 is 0.968 bits per heavy atom. The van der Waals surface area contributed by atoms with Crippen molar-refractivity contribution >= 4 is 12.2 Å². The van der Waals surface area contributed by atoms with E-state index in [0.717, 1.165) is 29.8 Å². The smallest absolute Gasteiger partial charge is 0.416 e. The summed E-state index contributed by atoms with van der Waals surface area (Å²) < 4.78 is 48.9. The zero-order valence-electron chi connectivity index (χ0n) is 16.4. The number of alkyl halides is 3. The van der Waals surface area contributed by atoms with Crippen LogP contribution in [0.15, 0.2) is 78.0 Å². The maximum Gasteiger partial charge on any atom is 0.416 e. The number of halogens is 3. The molecule has 3 aromatic carbocycles. The first-order valence-electron chi connectivity index (χ1n) is 9.13. The number of carbonyl (C=O) groups is 1. The van der Waals surface area contributed by atoms with Gasteiger partial charge in [-0.15, -0.1) is 0 Å². The van der Waals surface area contributed by atoms with Crippen LogP contribution >= 0.6 is 0 Å². The Kier molecular flexibility index (Phi) is 6.92. The molecule has 3 aromatic rings. The van der Waals surface area contributed by atoms with Crippen molar-refractivity contribution < 1.29 is 32.3 Å². The van der Waals surface area contributed by atoms with E-state index in [-0.39, 0.29) is 5.56 Å². The summed E-state index contributed by atoms with van der Waals surface area (Å²) in [5.41, 5.74) is 0.652. The molecule has 160 valence electrons. The highest BCUT2D eigenvalue weighted by molar-refractivity contribution is 5.90. The molecule has 0 aromatic heterocycles. The lowest BCUT2D eigenvalue weighted by Gasteiger charge is -2.11. The van der Waals surface area contributed by atoms with Crippen molar-refractivity contribution in [2.24, 2.45) is 5.16 Å². The summed E-state index contributed by atoms with van der Waals surface area (Å²) in [5, 5.41) is 3.61. The minimum atomic E-state index is -4.48. The van der Waals surface area contributed by atoms with E-state index >= 15 is 0 Å². The molecule has 0 aliphatic carbocycles. The van der Waals surface area contributed by atoms with Gasteiger partial charge in [0.25, 0.3) is 0 Å². The van der Waals surface area contributed by atoms with Crippen LogP contribution < -0.4 is 9.47 Å². The number of oxime groups is 1. The molecule has 0 bridgehead atoms. The SMILES string of the molecule is COc1ccc(C=NOC(=O)c2ccc(C(F)(F)F)cc2)cc1OCc1ccccc1. The van der Waals surface area contributed by atoms with E-state index in [4.69, 9.17) is 14.3 Å². The molecule has 0 aliphatic rings. The molecule has 0 amide bonds. The molecule has 0 aliphatic heterocycles. The van der Waals surface area contributed by atoms with Crippen molar-refractivity contribution in [1.82, 2.24) is 0 Å². The van der Waals surface area contributed by atoms with Gasteiger partial charge in [-0.1, -0.05) is 35.5 Å². The Balaban J connectivity index is 1.64. The molecule has 3 rings (SSSR count). The predicted molar refractivity (Wildman–Crippen MR) is 108 cm³/mol. The van der Waals surface area contributed by atoms with Gasteiger partial charge in [0.2, 0.25) is 0 Å². The molecule has 0 saturated carbocycles. The predicted octanol–water partition coefficient (Wildman–Crippen LogP) is 5.48. The molecule has 0 radical (unpaired) electrons. The van der Waals surface area contributed by atoms with Gasteiger partial charge >= 0.3 is 12.1 Å². The molecule has 31 heavy (non-hydrogen) atoms. The first kappa shape index (κ1) is 21.9. The fourth-order valence-corrected chi connectivity index (χ4v) is 2.60. The monoisotopic (exact) mass is 429 g/mol. The fourth-order valence-electron chi connectivity index (χ4n) is 2.60. The third kappa shape index (κ3) is 6.08. The maximum atomic E-state index is 12.6. The number of benzene rings is 3. The summed E-state index contributed by atoms with van der Waals surface area (Å²) in [4.78, 5) is 16.7. The Bertz CT molecular complexity index is 1050. The van der Waals surface area contributed by atoms with Crippen molar-refractivity contribution in [3.05, 3.63) is 95.1 Å². The van der Waals surface area contributed by atoms with Gasteiger partial charge in [-0.2, -0.15) is 13.2 Å². The second-order valence-electron chi connectivity index (χ2n) is 6.37. The van der Waals surface area contributed by atoms with Gasteiger partial charge in [-0.3, -0.25) is 0 Å². The molecular weight excluding hydrogens is 411 g/mol. The second kappa shape index (κ2) is 9.80. The summed E-state index contributed by atoms with van der Waals surface area (Å²) in [5.74, 6) is 0.123. The van der Waals surface area contributed by atoms with E-state index in [1.807, 2.05) is 30.3 Å². The summed E-state index contributed by atoms with van der Waals surface area (Å²) in [6, 6.07) is 18.3. The fraction of sp³-hybridized carbons (Fsp3) is 0.130. The molecule has 8 heteroatoms. The van der Waals surface area contributed by atoms with Crippen LogP contribution in [0.25, 0.3) is 0 Å². The maximum absolute atomic E-state index is 12.6. The van der Waals surface area contributed by atoms with Gasteiger partial charge in [0.1, 0.15) is 6.61 Å². The van der Waals surface area contributed by atoms with Gasteiger partial charge in [-0.05, 0) is 48.0 Å². The standard InChI is InChI=1S/C23H18F3NO4/c1-29-20-12-7-17(13-21(20)30-15-16-5-3-2-4-6-16)14-27-31-22(28)18-8-10-19(11-9-18)23(24,25)26/h2-14H,15H2,1H3. The van der Waals surface area contributed by atoms with E-state index in [1.54, 1.807) is 18.2 Å². The average Bonchev–Trinajstić information content (AvgIpc) is 2.78. The third-order valence-corrected chi connectivity index (χ3v) is 4.21. The summed E-state index contributed by atoms with van der Waals surface area (Å²) >= 11 is 0. The second-order valence-corrected chi connectivity index (χ2v) is 6.37. The molecule has 0 unspecified atom stereocenters. The summed E-state index contributed by atoms with van der Waals surface area (Å²) in [7, 11) is 1.52. The average molecular weight is 429 g/mol. The Morgan fingerprint density at radius 3 is 2.32 bits per heavy atom. The minimum absolute atomic E-state index is 0.0493. The normalized spacial score (nSPS) is 11.4. The van der Waals surface area contributed by atoms with Gasteiger partial charge in [-0.25, -0.2) is 4.79 Å². The lowest BCUT2D eigenvalue weighted by atomic mass is 10.1. The lowest BCUT2D eigenvalue weighted by Crippen LogP contribution is -2.06. The highest BCUT2D eigenvalue weighted by Gasteiger charge is 2.30. The molecule has 0 fully saturated rings. The summed E-state index contributed by atoms with van der Waals surface area (Å²) in [6.45, 7) is 0.334. The third-order valence-electron chi connectivity index (χ3n) is 4.21. The van der Waals surface area contributed by atoms with Crippen LogP contribution in [-0.2, 0) is 17.6 Å². The van der Waals surface area contributed by atoms with Gasteiger partial charge in [0.05, 0.1) is 24.5 Å². The van der Waals surface area contributed by atoms with E-state index in [1.165, 1.54) is 13.3 Å². The van der Waals surface area contributed by atoms with Gasteiger partial charge in [0, 0.05) is 5.56 Å². The van der Waals surface area contributed by atoms with Crippen LogP contribution in [0, 0.1) is 0 Å². The van der Waals surface area contributed by atoms with E-state index in [9.17, 15) is 18.0 Å². The van der Waals surface area contributed by atoms with E-state index in [0.29, 0.717) is 23.7 Å². The van der Waals surface area contributed by atoms with Crippen LogP contribution in [-0.4, -0.2) is 19.3 Å². The molecule has 0 N–H and O–H groups in total. The Morgan fingerprint density at radius 2 is 1.68 bits per heavy atom. The molecule has 5 nitrogen and oxygen atoms in total. The molecule has 0 atom stereocenters. The number of ether oxygens (including phenoxy) is 2. The van der Waals surface area contributed by atoms with Crippen molar-refractivity contribution in [3.8, 4) is 11.5 Å². The van der Waals surface area contributed by atoms with Crippen molar-refractivity contribution in [3.63, 3.8) is 0 Å². The molecular formula is C23H18F3NO4. The van der Waals surface area contributed by atoms with Crippen molar-refractivity contribution in [2.75, 3.05) is 7.11 Å². The van der Waals surface area contributed by atoms with Gasteiger partial charge < -0.3 is 14.3 Å². The first-order valence-corrected chi connectivity index (χ1v) is 9.13. The van der Waals surface area contributed by atoms with E-state index in [2.05, 4.69) is 5.16 Å². The number of carbonyl (C=O) groups excluding carboxylic acids is 1. The topological polar surface area (TPSA) is 57.1 Å². The number of hydrogen-bond acceptors (Lipinski definition) is 5. The molecule has 0 saturated heterocycles. The van der Waals surface area contributed by atoms with Crippen LogP contribution in [0.3, 0.4) is 0 Å². The number of hydrogen-bond donors (Lipinski definition) is 0. The lowest BCUT2D eigenvalue weighted by molar-refractivity contribution is -0.137. The largest absolute Gasteiger partial charge is 0.493 e. The zero-order valence-corrected chi connectivity index (χ0v) is 16.4. The van der Waals surface area contributed by atoms with Crippen LogP contribution in [0.1, 0.15) is 27.0 Å². The highest BCUT2D eigenvalue weighted by atomic mass is 19.4. The number of nitrogens with zero attached hydrogens (tertiary/aromatic N) is 1. The van der Waals surface area contributed by atoms with Crippen LogP contribution in [0.2, 0.25) is 0 Å². The van der Waals surface area contributed by atoms with Crippen molar-refractivity contribution in [1.29, 1.82) is 0 Å². The van der Waals surface area contributed by atoms with Crippen LogP contribution in [0.4, 0.5) is 13.2 Å². The Hall–Kier alpha value is -3.81. The number of rotatable bonds is 7. The first-order chi connectivity index (χ1) is 14.9. The van der Waals surface area contributed by atoms with E-state index < -0.39 is 17.7 Å². The van der Waals surface area contributed by atoms with Gasteiger partial charge in [0.15, 0.2) is 11.5 Å². The summed E-state index contributed by atoms with van der Waals surface area (Å²) in [6.07, 6.45) is -3.19. The highest BCUT2D eigenvalue weighted by Crippen LogP contribution is 2.30. The van der Waals surface area contributed by atoms with Crippen molar-refractivity contribution in [2.45, 2.75) is 12.8 Å². The quantitative estimate of drug-likeness (QED) is 0.283. The Labute approximate surface area is 176 Å².